The van der Waals surface area contributed by atoms with Crippen molar-refractivity contribution in [1.82, 2.24) is 30.1 Å². The topological polar surface area (TPSA) is 114 Å². The molecule has 1 aromatic carbocycles. The summed E-state index contributed by atoms with van der Waals surface area (Å²) >= 11 is 0. The van der Waals surface area contributed by atoms with Crippen LogP contribution in [-0.2, 0) is 12.0 Å². The van der Waals surface area contributed by atoms with E-state index in [9.17, 15) is 0 Å². The van der Waals surface area contributed by atoms with Gasteiger partial charge in [-0.3, -0.25) is 0 Å². The Morgan fingerprint density at radius 3 is 2.52 bits per heavy atom. The fraction of sp³-hybridized carbons (Fsp3) is 0.375. The van der Waals surface area contributed by atoms with E-state index in [1.807, 2.05) is 17.1 Å². The molecule has 9 nitrogen and oxygen atoms in total. The molecule has 1 atom stereocenters. The van der Waals surface area contributed by atoms with Crippen LogP contribution in [0, 0.1) is 5.92 Å². The molecule has 1 aliphatic carbocycles. The molecule has 0 amide bonds. The van der Waals surface area contributed by atoms with E-state index < -0.39 is 0 Å². The van der Waals surface area contributed by atoms with Gasteiger partial charge in [-0.05, 0) is 50.9 Å². The molecule has 4 aromatic rings. The molecular weight excluding hydrogens is 416 g/mol. The van der Waals surface area contributed by atoms with Crippen molar-refractivity contribution >= 4 is 5.95 Å². The molecule has 1 aliphatic rings. The largest absolute Gasteiger partial charge is 0.368 e. The van der Waals surface area contributed by atoms with Crippen LogP contribution in [0.25, 0.3) is 22.6 Å². The van der Waals surface area contributed by atoms with Gasteiger partial charge in [0.1, 0.15) is 5.56 Å². The van der Waals surface area contributed by atoms with Crippen molar-refractivity contribution in [2.75, 3.05) is 26.4 Å². The Balaban J connectivity index is 1.41. The Bertz CT molecular complexity index is 1220. The summed E-state index contributed by atoms with van der Waals surface area (Å²) < 4.78 is 7.73. The quantitative estimate of drug-likeness (QED) is 0.401. The summed E-state index contributed by atoms with van der Waals surface area (Å²) in [5.74, 6) is 2.03. The maximum atomic E-state index is 5.71. The predicted molar refractivity (Wildman–Crippen MR) is 124 cm³/mol. The van der Waals surface area contributed by atoms with Gasteiger partial charge < -0.3 is 15.2 Å². The number of likely N-dealkylation sites (N-methyl/N-ethyl adjacent to an activating group) is 1. The summed E-state index contributed by atoms with van der Waals surface area (Å²) in [7, 11) is 4.12. The van der Waals surface area contributed by atoms with E-state index in [-0.39, 0.29) is 11.4 Å². The Labute approximate surface area is 192 Å². The molecule has 33 heavy (non-hydrogen) atoms. The number of benzene rings is 1. The van der Waals surface area contributed by atoms with Gasteiger partial charge in [0.2, 0.25) is 12.1 Å². The molecule has 1 saturated carbocycles. The lowest BCUT2D eigenvalue weighted by Crippen LogP contribution is -2.39. The highest BCUT2D eigenvalue weighted by Gasteiger charge is 2.47. The van der Waals surface area contributed by atoms with Crippen molar-refractivity contribution in [3.8, 4) is 22.6 Å². The van der Waals surface area contributed by atoms with E-state index in [0.717, 1.165) is 48.4 Å². The Morgan fingerprint density at radius 1 is 1.12 bits per heavy atom. The second kappa shape index (κ2) is 8.40. The van der Waals surface area contributed by atoms with Crippen molar-refractivity contribution in [2.45, 2.75) is 31.7 Å². The molecule has 0 bridgehead atoms. The van der Waals surface area contributed by atoms with Crippen LogP contribution < -0.4 is 10.4 Å². The first-order chi connectivity index (χ1) is 15.9. The van der Waals surface area contributed by atoms with Crippen LogP contribution in [-0.4, -0.2) is 50.7 Å². The maximum absolute atomic E-state index is 5.71. The van der Waals surface area contributed by atoms with E-state index in [4.69, 9.17) is 15.2 Å². The number of aromatic nitrogens is 6. The summed E-state index contributed by atoms with van der Waals surface area (Å²) in [5.41, 5.74) is 9.34. The van der Waals surface area contributed by atoms with Gasteiger partial charge >= 0.3 is 0 Å². The van der Waals surface area contributed by atoms with E-state index in [2.05, 4.69) is 70.4 Å². The second-order valence-corrected chi connectivity index (χ2v) is 9.16. The van der Waals surface area contributed by atoms with Gasteiger partial charge in [-0.25, -0.2) is 9.97 Å². The van der Waals surface area contributed by atoms with Crippen LogP contribution in [0.15, 0.2) is 53.6 Å². The zero-order chi connectivity index (χ0) is 23.0. The molecule has 0 aliphatic heterocycles. The first kappa shape index (κ1) is 21.3. The third-order valence-corrected chi connectivity index (χ3v) is 6.49. The van der Waals surface area contributed by atoms with Crippen molar-refractivity contribution in [1.29, 1.82) is 0 Å². The lowest BCUT2D eigenvalue weighted by Gasteiger charge is -2.27. The molecule has 0 unspecified atom stereocenters. The molecular formula is C24H29N8O+. The number of anilines is 1. The van der Waals surface area contributed by atoms with Crippen molar-refractivity contribution in [3.05, 3.63) is 60.4 Å². The SMILES string of the molecule is CN(C)CC[n+]1cc(-c2nc([C@@](C)(c3ccc(-c4cnc(N)nc4)cc3)C3CC3)no2)c[nH]1. The molecule has 5 rings (SSSR count). The van der Waals surface area contributed by atoms with Crippen molar-refractivity contribution in [3.63, 3.8) is 0 Å². The summed E-state index contributed by atoms with van der Waals surface area (Å²) in [6.07, 6.45) is 9.71. The number of rotatable bonds is 8. The Morgan fingerprint density at radius 2 is 1.85 bits per heavy atom. The molecule has 0 spiro atoms. The monoisotopic (exact) mass is 445 g/mol. The molecule has 3 heterocycles. The van der Waals surface area contributed by atoms with Crippen LogP contribution in [0.3, 0.4) is 0 Å². The number of H-pyrrole nitrogens is 1. The summed E-state index contributed by atoms with van der Waals surface area (Å²) in [6.45, 7) is 4.02. The molecule has 3 N–H and O–H groups in total. The fourth-order valence-electron chi connectivity index (χ4n) is 4.20. The van der Waals surface area contributed by atoms with E-state index in [1.54, 1.807) is 12.4 Å². The van der Waals surface area contributed by atoms with Gasteiger partial charge in [0.05, 0.1) is 18.2 Å². The number of nitrogen functional groups attached to an aromatic ring is 1. The predicted octanol–water partition coefficient (Wildman–Crippen LogP) is 2.67. The van der Waals surface area contributed by atoms with Crippen molar-refractivity contribution in [2.24, 2.45) is 5.92 Å². The van der Waals surface area contributed by atoms with Crippen LogP contribution >= 0.6 is 0 Å². The molecule has 0 saturated heterocycles. The smallest absolute Gasteiger partial charge is 0.265 e. The zero-order valence-electron chi connectivity index (χ0n) is 19.2. The minimum absolute atomic E-state index is 0.273. The third kappa shape index (κ3) is 4.23. The minimum Gasteiger partial charge on any atom is -0.368 e. The van der Waals surface area contributed by atoms with E-state index in [1.165, 1.54) is 5.56 Å². The second-order valence-electron chi connectivity index (χ2n) is 9.16. The van der Waals surface area contributed by atoms with Crippen molar-refractivity contribution < 1.29 is 9.20 Å². The number of nitrogens with one attached hydrogen (secondary N) is 1. The first-order valence-corrected chi connectivity index (χ1v) is 11.2. The van der Waals surface area contributed by atoms with Gasteiger partial charge in [0.15, 0.2) is 12.4 Å². The number of nitrogens with two attached hydrogens (primary N) is 1. The summed E-state index contributed by atoms with van der Waals surface area (Å²) in [5, 5.41) is 7.67. The Kier molecular flexibility index (Phi) is 5.41. The number of nitrogens with zero attached hydrogens (tertiary/aromatic N) is 6. The first-order valence-electron chi connectivity index (χ1n) is 11.2. The van der Waals surface area contributed by atoms with Gasteiger partial charge in [-0.15, -0.1) is 4.68 Å². The van der Waals surface area contributed by atoms with Gasteiger partial charge in [0.25, 0.3) is 5.89 Å². The number of hydrogen-bond donors (Lipinski definition) is 2. The summed E-state index contributed by atoms with van der Waals surface area (Å²) in [6, 6.07) is 8.47. The third-order valence-electron chi connectivity index (χ3n) is 6.49. The molecule has 0 radical (unpaired) electrons. The number of aromatic amines is 1. The highest BCUT2D eigenvalue weighted by Crippen LogP contribution is 2.50. The fourth-order valence-corrected chi connectivity index (χ4v) is 4.20. The molecule has 9 heteroatoms. The standard InChI is InChI=1S/C24H28N8O/c1-24(20-8-9-20,19-6-4-16(5-7-19)17-12-26-23(25)27-13-17)22-29-21(33-30-22)18-14-28-32(15-18)11-10-31(2)3/h4-7,12-15,20H,8-11H2,1-3H3,(H2,25,26,27)/p+1/t24-/m0/s1. The molecule has 170 valence electrons. The van der Waals surface area contributed by atoms with Crippen LogP contribution in [0.1, 0.15) is 31.2 Å². The van der Waals surface area contributed by atoms with Gasteiger partial charge in [-0.1, -0.05) is 29.4 Å². The highest BCUT2D eigenvalue weighted by molar-refractivity contribution is 5.62. The van der Waals surface area contributed by atoms with Gasteiger partial charge in [0, 0.05) is 18.0 Å². The molecule has 1 fully saturated rings. The maximum Gasteiger partial charge on any atom is 0.265 e. The van der Waals surface area contributed by atoms with Gasteiger partial charge in [-0.2, -0.15) is 10.1 Å². The van der Waals surface area contributed by atoms with Crippen LogP contribution in [0.4, 0.5) is 5.95 Å². The van der Waals surface area contributed by atoms with E-state index >= 15 is 0 Å². The summed E-state index contributed by atoms with van der Waals surface area (Å²) in [4.78, 5) is 15.2. The number of hydrogen-bond acceptors (Lipinski definition) is 7. The normalized spacial score (nSPS) is 15.6. The zero-order valence-corrected chi connectivity index (χ0v) is 19.2. The average molecular weight is 446 g/mol. The Hall–Kier alpha value is -3.59. The van der Waals surface area contributed by atoms with Crippen LogP contribution in [0.5, 0.6) is 0 Å². The van der Waals surface area contributed by atoms with E-state index in [0.29, 0.717) is 11.8 Å². The molecule has 3 aromatic heterocycles. The minimum atomic E-state index is -0.310. The van der Waals surface area contributed by atoms with Crippen LogP contribution in [0.2, 0.25) is 0 Å². The lowest BCUT2D eigenvalue weighted by molar-refractivity contribution is -0.749. The lowest BCUT2D eigenvalue weighted by atomic mass is 9.77. The average Bonchev–Trinajstić information content (AvgIpc) is 3.37. The highest BCUT2D eigenvalue weighted by atomic mass is 16.5.